The zero-order chi connectivity index (χ0) is 13.8. The first-order valence-corrected chi connectivity index (χ1v) is 7.69. The summed E-state index contributed by atoms with van der Waals surface area (Å²) in [6.07, 6.45) is 3.64. The fourth-order valence-corrected chi connectivity index (χ4v) is 3.20. The quantitative estimate of drug-likeness (QED) is 0.908. The number of hydrogen-bond donors (Lipinski definition) is 1. The molecule has 1 aliphatic rings. The normalized spacial score (nSPS) is 26.3. The van der Waals surface area contributed by atoms with E-state index in [1.807, 2.05) is 24.3 Å². The van der Waals surface area contributed by atoms with E-state index in [-0.39, 0.29) is 6.04 Å². The monoisotopic (exact) mass is 280 g/mol. The largest absolute Gasteiger partial charge is 0.324 e. The number of piperidine rings is 1. The molecule has 0 radical (unpaired) electrons. The van der Waals surface area contributed by atoms with Crippen molar-refractivity contribution in [3.63, 3.8) is 0 Å². The molecular weight excluding hydrogens is 256 g/mol. The summed E-state index contributed by atoms with van der Waals surface area (Å²) >= 11 is 6.20. The lowest BCUT2D eigenvalue weighted by molar-refractivity contribution is 0.121. The maximum absolute atomic E-state index is 6.28. The molecule has 0 aromatic heterocycles. The van der Waals surface area contributed by atoms with Gasteiger partial charge in [-0.1, -0.05) is 36.7 Å². The van der Waals surface area contributed by atoms with E-state index in [4.69, 9.17) is 17.3 Å². The minimum atomic E-state index is 0.0399. The molecule has 2 nitrogen and oxygen atoms in total. The lowest BCUT2D eigenvalue weighted by atomic mass is 9.94. The highest BCUT2D eigenvalue weighted by molar-refractivity contribution is 6.31. The van der Waals surface area contributed by atoms with Gasteiger partial charge in [0, 0.05) is 30.2 Å². The molecule has 19 heavy (non-hydrogen) atoms. The Labute approximate surface area is 121 Å². The predicted molar refractivity (Wildman–Crippen MR) is 82.4 cm³/mol. The van der Waals surface area contributed by atoms with Gasteiger partial charge in [-0.05, 0) is 43.7 Å². The highest BCUT2D eigenvalue weighted by Crippen LogP contribution is 2.26. The van der Waals surface area contributed by atoms with Crippen molar-refractivity contribution in [2.75, 3.05) is 13.1 Å². The van der Waals surface area contributed by atoms with Crippen LogP contribution in [0.4, 0.5) is 0 Å². The molecule has 0 saturated carbocycles. The molecule has 3 heteroatoms. The molecule has 0 aliphatic carbocycles. The standard InChI is InChI=1S/C16H25ClN2/c1-12-7-8-13(2)19(11-12)10-9-16(18)14-5-3-4-6-15(14)17/h3-6,12-13,16H,7-11,18H2,1-2H3. The van der Waals surface area contributed by atoms with Crippen LogP contribution in [0.2, 0.25) is 5.02 Å². The van der Waals surface area contributed by atoms with Gasteiger partial charge in [0.05, 0.1) is 0 Å². The highest BCUT2D eigenvalue weighted by atomic mass is 35.5. The molecule has 1 aromatic rings. The summed E-state index contributed by atoms with van der Waals surface area (Å²) in [5.41, 5.74) is 7.35. The third-order valence-corrected chi connectivity index (χ3v) is 4.62. The van der Waals surface area contributed by atoms with Crippen LogP contribution in [0.3, 0.4) is 0 Å². The summed E-state index contributed by atoms with van der Waals surface area (Å²) in [5, 5.41) is 0.787. The Hall–Kier alpha value is -0.570. The van der Waals surface area contributed by atoms with E-state index in [0.29, 0.717) is 6.04 Å². The molecule has 2 N–H and O–H groups in total. The van der Waals surface area contributed by atoms with Crippen LogP contribution in [0, 0.1) is 5.92 Å². The average molecular weight is 281 g/mol. The molecular formula is C16H25ClN2. The van der Waals surface area contributed by atoms with Crippen molar-refractivity contribution < 1.29 is 0 Å². The number of hydrogen-bond acceptors (Lipinski definition) is 2. The summed E-state index contributed by atoms with van der Waals surface area (Å²) in [4.78, 5) is 2.57. The predicted octanol–water partition coefficient (Wildman–Crippen LogP) is 3.85. The molecule has 0 amide bonds. The van der Waals surface area contributed by atoms with Gasteiger partial charge in [0.25, 0.3) is 0 Å². The van der Waals surface area contributed by atoms with Crippen molar-refractivity contribution in [3.05, 3.63) is 34.9 Å². The van der Waals surface area contributed by atoms with Gasteiger partial charge in [-0.3, -0.25) is 0 Å². The second-order valence-electron chi connectivity index (χ2n) is 5.94. The Kier molecular flexibility index (Phi) is 5.26. The van der Waals surface area contributed by atoms with Crippen LogP contribution in [-0.4, -0.2) is 24.0 Å². The van der Waals surface area contributed by atoms with Gasteiger partial charge in [0.15, 0.2) is 0 Å². The van der Waals surface area contributed by atoms with Gasteiger partial charge < -0.3 is 10.6 Å². The molecule has 1 saturated heterocycles. The molecule has 106 valence electrons. The second kappa shape index (κ2) is 6.74. The second-order valence-corrected chi connectivity index (χ2v) is 6.35. The number of benzene rings is 1. The Morgan fingerprint density at radius 1 is 1.32 bits per heavy atom. The summed E-state index contributed by atoms with van der Waals surface area (Å²) in [6.45, 7) is 6.94. The van der Waals surface area contributed by atoms with E-state index in [9.17, 15) is 0 Å². The van der Waals surface area contributed by atoms with Crippen molar-refractivity contribution in [2.45, 2.75) is 45.2 Å². The van der Waals surface area contributed by atoms with E-state index < -0.39 is 0 Å². The van der Waals surface area contributed by atoms with Crippen LogP contribution in [0.1, 0.15) is 44.7 Å². The number of nitrogens with zero attached hydrogens (tertiary/aromatic N) is 1. The van der Waals surface area contributed by atoms with Gasteiger partial charge in [-0.2, -0.15) is 0 Å². The molecule has 1 heterocycles. The van der Waals surface area contributed by atoms with Crippen molar-refractivity contribution in [1.82, 2.24) is 4.90 Å². The third-order valence-electron chi connectivity index (χ3n) is 4.28. The van der Waals surface area contributed by atoms with Crippen molar-refractivity contribution >= 4 is 11.6 Å². The maximum atomic E-state index is 6.28. The van der Waals surface area contributed by atoms with E-state index >= 15 is 0 Å². The lowest BCUT2D eigenvalue weighted by Gasteiger charge is -2.37. The van der Waals surface area contributed by atoms with Gasteiger partial charge in [-0.25, -0.2) is 0 Å². The number of halogens is 1. The third kappa shape index (κ3) is 3.95. The van der Waals surface area contributed by atoms with Crippen molar-refractivity contribution in [3.8, 4) is 0 Å². The number of likely N-dealkylation sites (tertiary alicyclic amines) is 1. The summed E-state index contributed by atoms with van der Waals surface area (Å²) in [5.74, 6) is 0.813. The summed E-state index contributed by atoms with van der Waals surface area (Å²) in [7, 11) is 0. The fourth-order valence-electron chi connectivity index (χ4n) is 2.93. The highest BCUT2D eigenvalue weighted by Gasteiger charge is 2.23. The number of nitrogens with two attached hydrogens (primary N) is 1. The van der Waals surface area contributed by atoms with Gasteiger partial charge >= 0.3 is 0 Å². The van der Waals surface area contributed by atoms with Crippen molar-refractivity contribution in [2.24, 2.45) is 11.7 Å². The Balaban J connectivity index is 1.89. The summed E-state index contributed by atoms with van der Waals surface area (Å²) < 4.78 is 0. The molecule has 2 rings (SSSR count). The first-order valence-electron chi connectivity index (χ1n) is 7.32. The first kappa shape index (κ1) is 14.8. The van der Waals surface area contributed by atoms with E-state index in [0.717, 1.165) is 29.5 Å². The summed E-state index contributed by atoms with van der Waals surface area (Å²) in [6, 6.07) is 8.64. The zero-order valence-electron chi connectivity index (χ0n) is 12.0. The van der Waals surface area contributed by atoms with Crippen LogP contribution < -0.4 is 5.73 Å². The van der Waals surface area contributed by atoms with Crippen LogP contribution in [-0.2, 0) is 0 Å². The minimum absolute atomic E-state index is 0.0399. The molecule has 1 aromatic carbocycles. The molecule has 0 bridgehead atoms. The maximum Gasteiger partial charge on any atom is 0.0453 e. The van der Waals surface area contributed by atoms with Crippen LogP contribution in [0.15, 0.2) is 24.3 Å². The Bertz CT molecular complexity index is 407. The smallest absolute Gasteiger partial charge is 0.0453 e. The van der Waals surface area contributed by atoms with Crippen LogP contribution >= 0.6 is 11.6 Å². The minimum Gasteiger partial charge on any atom is -0.324 e. The fraction of sp³-hybridized carbons (Fsp3) is 0.625. The zero-order valence-corrected chi connectivity index (χ0v) is 12.7. The topological polar surface area (TPSA) is 29.3 Å². The van der Waals surface area contributed by atoms with Crippen LogP contribution in [0.25, 0.3) is 0 Å². The van der Waals surface area contributed by atoms with E-state index in [1.165, 1.54) is 19.4 Å². The van der Waals surface area contributed by atoms with Gasteiger partial charge in [0.2, 0.25) is 0 Å². The van der Waals surface area contributed by atoms with Gasteiger partial charge in [-0.15, -0.1) is 0 Å². The molecule has 1 fully saturated rings. The molecule has 1 aliphatic heterocycles. The lowest BCUT2D eigenvalue weighted by Crippen LogP contribution is -2.42. The van der Waals surface area contributed by atoms with E-state index in [1.54, 1.807) is 0 Å². The van der Waals surface area contributed by atoms with Crippen LogP contribution in [0.5, 0.6) is 0 Å². The molecule has 0 spiro atoms. The Morgan fingerprint density at radius 3 is 2.79 bits per heavy atom. The Morgan fingerprint density at radius 2 is 2.05 bits per heavy atom. The van der Waals surface area contributed by atoms with E-state index in [2.05, 4.69) is 18.7 Å². The number of rotatable bonds is 4. The van der Waals surface area contributed by atoms with Crippen molar-refractivity contribution in [1.29, 1.82) is 0 Å². The van der Waals surface area contributed by atoms with Gasteiger partial charge in [0.1, 0.15) is 0 Å². The molecule has 3 unspecified atom stereocenters. The average Bonchev–Trinajstić information content (AvgIpc) is 2.40. The molecule has 3 atom stereocenters. The first-order chi connectivity index (χ1) is 9.08. The SMILES string of the molecule is CC1CCC(C)N(CCC(N)c2ccccc2Cl)C1.